The lowest BCUT2D eigenvalue weighted by atomic mass is 9.89. The van der Waals surface area contributed by atoms with Gasteiger partial charge in [-0.2, -0.15) is 13.2 Å². The second-order valence-corrected chi connectivity index (χ2v) is 9.70. The number of rotatable bonds is 6. The minimum atomic E-state index is -4.32. The van der Waals surface area contributed by atoms with Gasteiger partial charge in [-0.15, -0.1) is 0 Å². The largest absolute Gasteiger partial charge is 0.445 e. The Hall–Kier alpha value is -2.74. The minimum absolute atomic E-state index is 0.00444. The molecule has 35 heavy (non-hydrogen) atoms. The Morgan fingerprint density at radius 2 is 1.77 bits per heavy atom. The summed E-state index contributed by atoms with van der Waals surface area (Å²) in [5.41, 5.74) is 2.27. The Labute approximate surface area is 205 Å². The van der Waals surface area contributed by atoms with Crippen LogP contribution in [0.25, 0.3) is 0 Å². The van der Waals surface area contributed by atoms with Gasteiger partial charge in [0.05, 0.1) is 5.56 Å². The lowest BCUT2D eigenvalue weighted by molar-refractivity contribution is -0.137. The maximum absolute atomic E-state index is 12.9. The molecule has 2 aliphatic rings. The van der Waals surface area contributed by atoms with Crippen molar-refractivity contribution in [3.8, 4) is 0 Å². The van der Waals surface area contributed by atoms with E-state index in [-0.39, 0.29) is 24.7 Å². The molecular formula is C27H34F3N3O2. The van der Waals surface area contributed by atoms with E-state index in [0.717, 1.165) is 80.6 Å². The molecule has 4 rings (SSSR count). The predicted molar refractivity (Wildman–Crippen MR) is 130 cm³/mol. The summed E-state index contributed by atoms with van der Waals surface area (Å²) in [6, 6.07) is 13.7. The number of benzene rings is 2. The molecule has 3 unspecified atom stereocenters. The number of alkyl halides is 3. The van der Waals surface area contributed by atoms with Crippen LogP contribution in [0, 0.1) is 6.92 Å². The summed E-state index contributed by atoms with van der Waals surface area (Å²) < 4.78 is 44.2. The number of aryl methyl sites for hydroxylation is 1. The molecule has 0 bridgehead atoms. The number of hydrogen-bond acceptors (Lipinski definition) is 4. The fraction of sp³-hybridized carbons (Fsp3) is 0.519. The van der Waals surface area contributed by atoms with Gasteiger partial charge in [0, 0.05) is 36.9 Å². The minimum Gasteiger partial charge on any atom is -0.445 e. The Morgan fingerprint density at radius 3 is 2.49 bits per heavy atom. The van der Waals surface area contributed by atoms with Crippen LogP contribution in [0.15, 0.2) is 48.5 Å². The van der Waals surface area contributed by atoms with Gasteiger partial charge >= 0.3 is 12.3 Å². The first-order valence-electron chi connectivity index (χ1n) is 12.4. The lowest BCUT2D eigenvalue weighted by Gasteiger charge is -2.40. The number of carbonyl (C=O) groups excluding carboxylic acids is 1. The van der Waals surface area contributed by atoms with Crippen LogP contribution < -0.4 is 15.5 Å². The molecule has 5 nitrogen and oxygen atoms in total. The van der Waals surface area contributed by atoms with Crippen LogP contribution in [0.4, 0.5) is 23.7 Å². The number of nitrogens with zero attached hydrogens (tertiary/aromatic N) is 1. The van der Waals surface area contributed by atoms with Crippen LogP contribution in [-0.2, 0) is 17.5 Å². The predicted octanol–water partition coefficient (Wildman–Crippen LogP) is 5.81. The molecule has 2 aromatic carbocycles. The van der Waals surface area contributed by atoms with Crippen LogP contribution in [0.5, 0.6) is 0 Å². The highest BCUT2D eigenvalue weighted by atomic mass is 19.4. The maximum atomic E-state index is 12.9. The van der Waals surface area contributed by atoms with E-state index in [2.05, 4.69) is 15.5 Å². The fourth-order valence-corrected chi connectivity index (χ4v) is 5.16. The van der Waals surface area contributed by atoms with Crippen LogP contribution in [0.3, 0.4) is 0 Å². The summed E-state index contributed by atoms with van der Waals surface area (Å²) in [5.74, 6) is 0. The van der Waals surface area contributed by atoms with Gasteiger partial charge in [-0.25, -0.2) is 4.79 Å². The van der Waals surface area contributed by atoms with Crippen LogP contribution in [0.1, 0.15) is 55.2 Å². The molecule has 1 aliphatic carbocycles. The number of amides is 1. The third kappa shape index (κ3) is 7.13. The van der Waals surface area contributed by atoms with Crippen molar-refractivity contribution < 1.29 is 22.7 Å². The topological polar surface area (TPSA) is 53.6 Å². The number of piperidine rings is 1. The zero-order chi connectivity index (χ0) is 24.8. The maximum Gasteiger partial charge on any atom is 0.416 e. The summed E-state index contributed by atoms with van der Waals surface area (Å²) in [5, 5.41) is 6.80. The fourth-order valence-electron chi connectivity index (χ4n) is 5.16. The summed E-state index contributed by atoms with van der Waals surface area (Å²) in [6.07, 6.45) is 1.26. The number of halogens is 3. The number of anilines is 1. The van der Waals surface area contributed by atoms with E-state index < -0.39 is 17.8 Å². The van der Waals surface area contributed by atoms with Crippen molar-refractivity contribution in [3.63, 3.8) is 0 Å². The average Bonchev–Trinajstić information content (AvgIpc) is 2.84. The van der Waals surface area contributed by atoms with E-state index in [0.29, 0.717) is 0 Å². The molecule has 0 aromatic heterocycles. The van der Waals surface area contributed by atoms with E-state index in [9.17, 15) is 18.0 Å². The van der Waals surface area contributed by atoms with Crippen LogP contribution in [0.2, 0.25) is 0 Å². The first-order valence-corrected chi connectivity index (χ1v) is 12.4. The Morgan fingerprint density at radius 1 is 1.03 bits per heavy atom. The van der Waals surface area contributed by atoms with Crippen molar-refractivity contribution in [1.82, 2.24) is 10.6 Å². The van der Waals surface area contributed by atoms with E-state index in [4.69, 9.17) is 4.74 Å². The van der Waals surface area contributed by atoms with E-state index in [1.54, 1.807) is 12.1 Å². The normalized spacial score (nSPS) is 23.1. The van der Waals surface area contributed by atoms with Gasteiger partial charge in [0.25, 0.3) is 0 Å². The number of nitrogens with one attached hydrogen (secondary N) is 2. The van der Waals surface area contributed by atoms with E-state index in [1.807, 2.05) is 31.2 Å². The summed E-state index contributed by atoms with van der Waals surface area (Å²) >= 11 is 0. The van der Waals surface area contributed by atoms with Gasteiger partial charge in [0.1, 0.15) is 6.61 Å². The second-order valence-electron chi connectivity index (χ2n) is 9.70. The molecule has 190 valence electrons. The highest BCUT2D eigenvalue weighted by Crippen LogP contribution is 2.31. The van der Waals surface area contributed by atoms with Crippen molar-refractivity contribution >= 4 is 11.8 Å². The van der Waals surface area contributed by atoms with E-state index in [1.165, 1.54) is 0 Å². The quantitative estimate of drug-likeness (QED) is 0.538. The molecule has 1 saturated heterocycles. The monoisotopic (exact) mass is 489 g/mol. The van der Waals surface area contributed by atoms with Crippen molar-refractivity contribution in [1.29, 1.82) is 0 Å². The number of carbonyl (C=O) groups is 1. The molecule has 2 aromatic rings. The molecule has 0 radical (unpaired) electrons. The Bertz CT molecular complexity index is 980. The van der Waals surface area contributed by atoms with Gasteiger partial charge in [-0.05, 0) is 62.4 Å². The highest BCUT2D eigenvalue weighted by Gasteiger charge is 2.32. The molecule has 3 atom stereocenters. The molecular weight excluding hydrogens is 455 g/mol. The first-order chi connectivity index (χ1) is 16.8. The zero-order valence-corrected chi connectivity index (χ0v) is 20.1. The highest BCUT2D eigenvalue weighted by molar-refractivity contribution is 5.67. The average molecular weight is 490 g/mol. The van der Waals surface area contributed by atoms with Gasteiger partial charge in [-0.3, -0.25) is 0 Å². The summed E-state index contributed by atoms with van der Waals surface area (Å²) in [7, 11) is 0. The van der Waals surface area contributed by atoms with Gasteiger partial charge in [-0.1, -0.05) is 42.7 Å². The molecule has 1 heterocycles. The standard InChI is InChI=1S/C27H34F3N3O2/c1-19-6-4-7-20(16-19)18-35-26(34)32-25-10-3-2-9-24(25)31-22-8-5-15-33(17-22)23-13-11-21(12-14-23)27(28,29)30/h4,6-7,11-14,16,22,24-25,31H,2-3,5,8-10,15,17-18H2,1H3,(H,32,34). The van der Waals surface area contributed by atoms with Crippen molar-refractivity contribution in [2.24, 2.45) is 0 Å². The smallest absolute Gasteiger partial charge is 0.416 e. The number of ether oxygens (including phenoxy) is 1. The second kappa shape index (κ2) is 11.3. The Kier molecular flexibility index (Phi) is 8.21. The van der Waals surface area contributed by atoms with Crippen molar-refractivity contribution in [2.45, 2.75) is 76.4 Å². The molecule has 2 N–H and O–H groups in total. The first kappa shape index (κ1) is 25.4. The third-order valence-corrected chi connectivity index (χ3v) is 6.95. The van der Waals surface area contributed by atoms with E-state index >= 15 is 0 Å². The van der Waals surface area contributed by atoms with Gasteiger partial charge in [0.15, 0.2) is 0 Å². The SMILES string of the molecule is Cc1cccc(COC(=O)NC2CCCCC2NC2CCCN(c3ccc(C(F)(F)F)cc3)C2)c1. The molecule has 1 aliphatic heterocycles. The Balaban J connectivity index is 1.30. The number of alkyl carbamates (subject to hydrolysis) is 1. The van der Waals surface area contributed by atoms with Crippen molar-refractivity contribution in [3.05, 3.63) is 65.2 Å². The molecule has 0 spiro atoms. The van der Waals surface area contributed by atoms with Crippen LogP contribution >= 0.6 is 0 Å². The summed E-state index contributed by atoms with van der Waals surface area (Å²) in [4.78, 5) is 14.6. The van der Waals surface area contributed by atoms with Gasteiger partial charge < -0.3 is 20.3 Å². The lowest BCUT2D eigenvalue weighted by Crippen LogP contribution is -2.57. The molecule has 8 heteroatoms. The third-order valence-electron chi connectivity index (χ3n) is 6.95. The van der Waals surface area contributed by atoms with Crippen LogP contribution in [-0.4, -0.2) is 37.3 Å². The number of hydrogen-bond donors (Lipinski definition) is 2. The van der Waals surface area contributed by atoms with Gasteiger partial charge in [0.2, 0.25) is 0 Å². The molecule has 2 fully saturated rings. The van der Waals surface area contributed by atoms with Crippen molar-refractivity contribution in [2.75, 3.05) is 18.0 Å². The molecule has 1 saturated carbocycles. The molecule has 1 amide bonds. The zero-order valence-electron chi connectivity index (χ0n) is 20.1. The summed E-state index contributed by atoms with van der Waals surface area (Å²) in [6.45, 7) is 3.79.